The third-order valence-electron chi connectivity index (χ3n) is 2.81. The van der Waals surface area contributed by atoms with Crippen LogP contribution in [-0.2, 0) is 6.54 Å². The Morgan fingerprint density at radius 2 is 2.00 bits per heavy atom. The van der Waals surface area contributed by atoms with E-state index in [1.54, 1.807) is 17.1 Å². The predicted molar refractivity (Wildman–Crippen MR) is 74.8 cm³/mol. The van der Waals surface area contributed by atoms with E-state index in [2.05, 4.69) is 34.9 Å². The summed E-state index contributed by atoms with van der Waals surface area (Å²) < 4.78 is 2.51. The first-order valence-electron chi connectivity index (χ1n) is 5.87. The summed E-state index contributed by atoms with van der Waals surface area (Å²) in [5.41, 5.74) is 1.97. The van der Waals surface area contributed by atoms with E-state index >= 15 is 0 Å². The Hall–Kier alpha value is -1.42. The van der Waals surface area contributed by atoms with Crippen LogP contribution in [0.2, 0.25) is 0 Å². The third kappa shape index (κ3) is 3.07. The molecule has 0 N–H and O–H groups in total. The van der Waals surface area contributed by atoms with Gasteiger partial charge >= 0.3 is 0 Å². The SMILES string of the molecule is CC(C)c1ccc(C(=O)Cn2cc(Br)cn2)cc1. The van der Waals surface area contributed by atoms with Gasteiger partial charge in [-0.1, -0.05) is 38.1 Å². The fraction of sp³-hybridized carbons (Fsp3) is 0.286. The van der Waals surface area contributed by atoms with E-state index in [1.807, 2.05) is 24.3 Å². The highest BCUT2D eigenvalue weighted by atomic mass is 79.9. The van der Waals surface area contributed by atoms with Crippen LogP contribution < -0.4 is 0 Å². The Kier molecular flexibility index (Phi) is 3.97. The molecule has 0 unspecified atom stereocenters. The molecule has 1 aromatic heterocycles. The topological polar surface area (TPSA) is 34.9 Å². The monoisotopic (exact) mass is 306 g/mol. The minimum absolute atomic E-state index is 0.0703. The number of carbonyl (C=O) groups is 1. The van der Waals surface area contributed by atoms with Gasteiger partial charge in [0.1, 0.15) is 6.54 Å². The Balaban J connectivity index is 2.09. The van der Waals surface area contributed by atoms with Crippen molar-refractivity contribution in [1.29, 1.82) is 0 Å². The van der Waals surface area contributed by atoms with Crippen molar-refractivity contribution in [3.8, 4) is 0 Å². The van der Waals surface area contributed by atoms with Gasteiger partial charge in [-0.25, -0.2) is 0 Å². The van der Waals surface area contributed by atoms with Crippen molar-refractivity contribution in [3.63, 3.8) is 0 Å². The summed E-state index contributed by atoms with van der Waals surface area (Å²) >= 11 is 3.31. The first kappa shape index (κ1) is 13.0. The van der Waals surface area contributed by atoms with Gasteiger partial charge in [-0.3, -0.25) is 9.48 Å². The van der Waals surface area contributed by atoms with Crippen LogP contribution in [0.4, 0.5) is 0 Å². The number of halogens is 1. The van der Waals surface area contributed by atoms with Gasteiger partial charge < -0.3 is 0 Å². The lowest BCUT2D eigenvalue weighted by molar-refractivity contribution is 0.0967. The molecule has 0 saturated heterocycles. The molecule has 0 aliphatic heterocycles. The first-order chi connectivity index (χ1) is 8.56. The Morgan fingerprint density at radius 3 is 2.50 bits per heavy atom. The average Bonchev–Trinajstić information content (AvgIpc) is 2.75. The fourth-order valence-corrected chi connectivity index (χ4v) is 2.05. The van der Waals surface area contributed by atoms with E-state index in [0.717, 1.165) is 10.0 Å². The molecule has 1 aromatic carbocycles. The highest BCUT2D eigenvalue weighted by Crippen LogP contribution is 2.15. The maximum absolute atomic E-state index is 12.0. The summed E-state index contributed by atoms with van der Waals surface area (Å²) in [5, 5.41) is 4.08. The summed E-state index contributed by atoms with van der Waals surface area (Å²) in [6, 6.07) is 7.79. The highest BCUT2D eigenvalue weighted by molar-refractivity contribution is 9.10. The quantitative estimate of drug-likeness (QED) is 0.808. The number of hydrogen-bond donors (Lipinski definition) is 0. The molecule has 0 bridgehead atoms. The molecule has 1 heterocycles. The average molecular weight is 307 g/mol. The van der Waals surface area contributed by atoms with E-state index in [0.29, 0.717) is 5.92 Å². The second-order valence-electron chi connectivity index (χ2n) is 4.56. The normalized spacial score (nSPS) is 10.9. The van der Waals surface area contributed by atoms with Gasteiger partial charge in [0.15, 0.2) is 5.78 Å². The van der Waals surface area contributed by atoms with Gasteiger partial charge in [-0.2, -0.15) is 5.10 Å². The molecular weight excluding hydrogens is 292 g/mol. The molecule has 4 heteroatoms. The molecule has 0 spiro atoms. The molecule has 0 saturated carbocycles. The van der Waals surface area contributed by atoms with E-state index in [9.17, 15) is 4.79 Å². The summed E-state index contributed by atoms with van der Waals surface area (Å²) in [7, 11) is 0. The summed E-state index contributed by atoms with van der Waals surface area (Å²) in [5.74, 6) is 0.553. The van der Waals surface area contributed by atoms with Gasteiger partial charge in [-0.05, 0) is 27.4 Å². The van der Waals surface area contributed by atoms with Crippen molar-refractivity contribution >= 4 is 21.7 Å². The van der Waals surface area contributed by atoms with Gasteiger partial charge in [0, 0.05) is 11.8 Å². The molecular formula is C14H15BrN2O. The molecule has 0 atom stereocenters. The van der Waals surface area contributed by atoms with Crippen molar-refractivity contribution in [2.24, 2.45) is 0 Å². The molecule has 0 fully saturated rings. The Bertz CT molecular complexity index is 543. The van der Waals surface area contributed by atoms with E-state index in [-0.39, 0.29) is 12.3 Å². The van der Waals surface area contributed by atoms with Gasteiger partial charge in [0.25, 0.3) is 0 Å². The van der Waals surface area contributed by atoms with Crippen molar-refractivity contribution in [1.82, 2.24) is 9.78 Å². The fourth-order valence-electron chi connectivity index (χ4n) is 1.72. The largest absolute Gasteiger partial charge is 0.292 e. The standard InChI is InChI=1S/C14H15BrN2O/c1-10(2)11-3-5-12(6-4-11)14(18)9-17-8-13(15)7-16-17/h3-8,10H,9H2,1-2H3. The van der Waals surface area contributed by atoms with Crippen LogP contribution in [0.3, 0.4) is 0 Å². The zero-order valence-electron chi connectivity index (χ0n) is 10.4. The van der Waals surface area contributed by atoms with Crippen LogP contribution in [0.25, 0.3) is 0 Å². The second kappa shape index (κ2) is 5.48. The lowest BCUT2D eigenvalue weighted by Crippen LogP contribution is -2.10. The number of hydrogen-bond acceptors (Lipinski definition) is 2. The Labute approximate surface area is 115 Å². The zero-order valence-corrected chi connectivity index (χ0v) is 12.0. The van der Waals surface area contributed by atoms with Crippen LogP contribution in [0.1, 0.15) is 35.7 Å². The van der Waals surface area contributed by atoms with Crippen molar-refractivity contribution < 1.29 is 4.79 Å². The van der Waals surface area contributed by atoms with Crippen molar-refractivity contribution in [2.45, 2.75) is 26.3 Å². The minimum Gasteiger partial charge on any atom is -0.292 e. The maximum Gasteiger partial charge on any atom is 0.184 e. The lowest BCUT2D eigenvalue weighted by atomic mass is 10.0. The molecule has 2 aromatic rings. The maximum atomic E-state index is 12.0. The van der Waals surface area contributed by atoms with Gasteiger partial charge in [0.2, 0.25) is 0 Å². The smallest absolute Gasteiger partial charge is 0.184 e. The third-order valence-corrected chi connectivity index (χ3v) is 3.22. The van der Waals surface area contributed by atoms with Gasteiger partial charge in [-0.15, -0.1) is 0 Å². The van der Waals surface area contributed by atoms with Crippen LogP contribution in [0, 0.1) is 0 Å². The predicted octanol–water partition coefficient (Wildman–Crippen LogP) is 3.65. The van der Waals surface area contributed by atoms with Crippen LogP contribution >= 0.6 is 15.9 Å². The summed E-state index contributed by atoms with van der Waals surface area (Å²) in [4.78, 5) is 12.0. The molecule has 0 radical (unpaired) electrons. The molecule has 2 rings (SSSR count). The highest BCUT2D eigenvalue weighted by Gasteiger charge is 2.08. The summed E-state index contributed by atoms with van der Waals surface area (Å²) in [6.45, 7) is 4.54. The molecule has 18 heavy (non-hydrogen) atoms. The number of nitrogens with zero attached hydrogens (tertiary/aromatic N) is 2. The minimum atomic E-state index is 0.0703. The van der Waals surface area contributed by atoms with Crippen LogP contribution in [-0.4, -0.2) is 15.6 Å². The number of benzene rings is 1. The first-order valence-corrected chi connectivity index (χ1v) is 6.66. The van der Waals surface area contributed by atoms with Crippen molar-refractivity contribution in [2.75, 3.05) is 0 Å². The molecule has 0 aliphatic rings. The van der Waals surface area contributed by atoms with Crippen LogP contribution in [0.15, 0.2) is 41.1 Å². The number of carbonyl (C=O) groups excluding carboxylic acids is 1. The Morgan fingerprint density at radius 1 is 1.33 bits per heavy atom. The molecule has 0 amide bonds. The summed E-state index contributed by atoms with van der Waals surface area (Å²) in [6.07, 6.45) is 3.47. The van der Waals surface area contributed by atoms with Gasteiger partial charge in [0.05, 0.1) is 10.7 Å². The molecule has 0 aliphatic carbocycles. The van der Waals surface area contributed by atoms with Crippen molar-refractivity contribution in [3.05, 3.63) is 52.3 Å². The van der Waals surface area contributed by atoms with E-state index in [1.165, 1.54) is 5.56 Å². The number of rotatable bonds is 4. The van der Waals surface area contributed by atoms with Crippen LogP contribution in [0.5, 0.6) is 0 Å². The zero-order chi connectivity index (χ0) is 13.1. The number of aromatic nitrogens is 2. The van der Waals surface area contributed by atoms with E-state index < -0.39 is 0 Å². The second-order valence-corrected chi connectivity index (χ2v) is 5.47. The molecule has 94 valence electrons. The number of ketones is 1. The molecule has 3 nitrogen and oxygen atoms in total. The van der Waals surface area contributed by atoms with E-state index in [4.69, 9.17) is 0 Å². The number of Topliss-reactive ketones (excluding diaryl/α,β-unsaturated/α-hetero) is 1. The lowest BCUT2D eigenvalue weighted by Gasteiger charge is -2.06.